The van der Waals surface area contributed by atoms with Gasteiger partial charge in [0.25, 0.3) is 11.5 Å². The molecule has 1 amide bonds. The summed E-state index contributed by atoms with van der Waals surface area (Å²) in [5.41, 5.74) is 4.63. The summed E-state index contributed by atoms with van der Waals surface area (Å²) < 4.78 is 1.19. The van der Waals surface area contributed by atoms with E-state index in [0.29, 0.717) is 0 Å². The molecule has 1 aromatic heterocycles. The van der Waals surface area contributed by atoms with Gasteiger partial charge in [0.05, 0.1) is 12.7 Å². The Balaban J connectivity index is 3.20. The molecule has 0 fully saturated rings. The zero-order chi connectivity index (χ0) is 9.84. The number of aromatic nitrogens is 2. The Morgan fingerprint density at radius 3 is 3.00 bits per heavy atom. The number of hydrogen-bond donors (Lipinski definition) is 1. The summed E-state index contributed by atoms with van der Waals surface area (Å²) in [6.45, 7) is 0.0988. The molecule has 0 unspecified atom stereocenters. The van der Waals surface area contributed by atoms with Crippen molar-refractivity contribution < 1.29 is 4.79 Å². The van der Waals surface area contributed by atoms with Crippen LogP contribution >= 0.6 is 0 Å². The highest BCUT2D eigenvalue weighted by Gasteiger charge is 2.03. The van der Waals surface area contributed by atoms with Crippen LogP contribution in [-0.2, 0) is 6.54 Å². The second kappa shape index (κ2) is 3.54. The zero-order valence-electron chi connectivity index (χ0n) is 6.73. The van der Waals surface area contributed by atoms with E-state index in [1.807, 2.05) is 0 Å². The number of nitrogens with zero attached hydrogens (tertiary/aromatic N) is 2. The van der Waals surface area contributed by atoms with Crippen LogP contribution < -0.4 is 11.3 Å². The third-order valence-corrected chi connectivity index (χ3v) is 1.39. The van der Waals surface area contributed by atoms with E-state index in [-0.39, 0.29) is 17.8 Å². The molecule has 0 spiro atoms. The maximum atomic E-state index is 11.0. The van der Waals surface area contributed by atoms with Gasteiger partial charge in [-0.3, -0.25) is 9.59 Å². The molecule has 1 rings (SSSR count). The van der Waals surface area contributed by atoms with Crippen molar-refractivity contribution in [3.05, 3.63) is 28.4 Å². The largest absolute Gasteiger partial charge is 0.364 e. The highest BCUT2D eigenvalue weighted by atomic mass is 16.1. The molecule has 5 heteroatoms. The van der Waals surface area contributed by atoms with Crippen LogP contribution in [0.15, 0.2) is 17.2 Å². The van der Waals surface area contributed by atoms with Gasteiger partial charge in [0.1, 0.15) is 5.69 Å². The van der Waals surface area contributed by atoms with Crippen molar-refractivity contribution in [1.29, 1.82) is 0 Å². The van der Waals surface area contributed by atoms with Crippen LogP contribution in [0.4, 0.5) is 0 Å². The van der Waals surface area contributed by atoms with Crippen molar-refractivity contribution >= 4 is 5.91 Å². The van der Waals surface area contributed by atoms with Gasteiger partial charge in [0.15, 0.2) is 0 Å². The van der Waals surface area contributed by atoms with Gasteiger partial charge in [0.2, 0.25) is 0 Å². The van der Waals surface area contributed by atoms with Gasteiger partial charge in [-0.25, -0.2) is 4.98 Å². The molecule has 0 atom stereocenters. The molecule has 5 nitrogen and oxygen atoms in total. The third kappa shape index (κ3) is 1.93. The number of rotatable bonds is 2. The molecule has 0 aliphatic carbocycles. The van der Waals surface area contributed by atoms with E-state index in [1.165, 1.54) is 10.8 Å². The number of primary amides is 1. The van der Waals surface area contributed by atoms with Crippen LogP contribution in [0.1, 0.15) is 10.5 Å². The predicted octanol–water partition coefficient (Wildman–Crippen LogP) is -1.02. The first-order valence-electron chi connectivity index (χ1n) is 3.45. The number of carbonyl (C=O) groups excluding carboxylic acids is 1. The number of hydrogen-bond acceptors (Lipinski definition) is 3. The summed E-state index contributed by atoms with van der Waals surface area (Å²) in [6, 6.07) is 0. The molecule has 13 heavy (non-hydrogen) atoms. The minimum absolute atomic E-state index is 0.0230. The maximum Gasteiger partial charge on any atom is 0.269 e. The van der Waals surface area contributed by atoms with Crippen LogP contribution in [0.3, 0.4) is 0 Å². The zero-order valence-corrected chi connectivity index (χ0v) is 6.73. The van der Waals surface area contributed by atoms with Crippen molar-refractivity contribution in [3.8, 4) is 12.3 Å². The topological polar surface area (TPSA) is 78.0 Å². The summed E-state index contributed by atoms with van der Waals surface area (Å²) >= 11 is 0. The highest BCUT2D eigenvalue weighted by molar-refractivity contribution is 5.90. The van der Waals surface area contributed by atoms with Gasteiger partial charge in [0, 0.05) is 6.20 Å². The molecule has 2 N–H and O–H groups in total. The molecule has 0 aliphatic heterocycles. The standard InChI is InChI=1S/C8H7N3O2/c1-2-3-11-5-6(8(9)13)10-4-7(11)12/h1,4-5H,3H2,(H2,9,13). The lowest BCUT2D eigenvalue weighted by Gasteiger charge is -2.00. The lowest BCUT2D eigenvalue weighted by molar-refractivity contribution is 0.0994. The van der Waals surface area contributed by atoms with Gasteiger partial charge in [-0.05, 0) is 0 Å². The number of nitrogens with two attached hydrogens (primary N) is 1. The molecule has 0 saturated heterocycles. The van der Waals surface area contributed by atoms with Crippen molar-refractivity contribution in [3.63, 3.8) is 0 Å². The third-order valence-electron chi connectivity index (χ3n) is 1.39. The summed E-state index contributed by atoms with van der Waals surface area (Å²) in [5, 5.41) is 0. The molecule has 1 aromatic rings. The summed E-state index contributed by atoms with van der Waals surface area (Å²) in [5.74, 6) is 1.58. The fraction of sp³-hybridized carbons (Fsp3) is 0.125. The molecule has 0 aromatic carbocycles. The first-order chi connectivity index (χ1) is 6.15. The Morgan fingerprint density at radius 1 is 1.77 bits per heavy atom. The SMILES string of the molecule is C#CCn1cc(C(N)=O)ncc1=O. The minimum Gasteiger partial charge on any atom is -0.364 e. The van der Waals surface area contributed by atoms with Gasteiger partial charge in [-0.2, -0.15) is 0 Å². The quantitative estimate of drug-likeness (QED) is 0.587. The van der Waals surface area contributed by atoms with E-state index in [9.17, 15) is 9.59 Å². The Bertz CT molecular complexity index is 428. The first-order valence-corrected chi connectivity index (χ1v) is 3.45. The van der Waals surface area contributed by atoms with E-state index in [4.69, 9.17) is 12.2 Å². The smallest absolute Gasteiger partial charge is 0.269 e. The molecule has 1 heterocycles. The number of terminal acetylenes is 1. The van der Waals surface area contributed by atoms with Crippen LogP contribution in [-0.4, -0.2) is 15.5 Å². The summed E-state index contributed by atoms with van der Waals surface area (Å²) in [4.78, 5) is 25.2. The molecule has 0 bridgehead atoms. The Kier molecular flexibility index (Phi) is 2.45. The first kappa shape index (κ1) is 9.00. The van der Waals surface area contributed by atoms with Crippen LogP contribution in [0, 0.1) is 12.3 Å². The van der Waals surface area contributed by atoms with E-state index in [2.05, 4.69) is 10.9 Å². The summed E-state index contributed by atoms with van der Waals surface area (Å²) in [7, 11) is 0. The number of carbonyl (C=O) groups is 1. The van der Waals surface area contributed by atoms with Gasteiger partial charge < -0.3 is 10.3 Å². The Labute approximate surface area is 74.2 Å². The molecule has 0 saturated carbocycles. The molecule has 0 aliphatic rings. The lowest BCUT2D eigenvalue weighted by atomic mass is 10.4. The Hall–Kier alpha value is -2.09. The lowest BCUT2D eigenvalue weighted by Crippen LogP contribution is -2.23. The fourth-order valence-electron chi connectivity index (χ4n) is 0.793. The number of amides is 1. The van der Waals surface area contributed by atoms with Gasteiger partial charge in [-0.1, -0.05) is 5.92 Å². The van der Waals surface area contributed by atoms with Crippen molar-refractivity contribution in [1.82, 2.24) is 9.55 Å². The minimum atomic E-state index is -0.689. The summed E-state index contributed by atoms with van der Waals surface area (Å²) in [6.07, 6.45) is 7.26. The van der Waals surface area contributed by atoms with E-state index >= 15 is 0 Å². The monoisotopic (exact) mass is 177 g/mol. The van der Waals surface area contributed by atoms with Crippen molar-refractivity contribution in [2.75, 3.05) is 0 Å². The van der Waals surface area contributed by atoms with E-state index < -0.39 is 5.91 Å². The maximum absolute atomic E-state index is 11.0. The highest BCUT2D eigenvalue weighted by Crippen LogP contribution is 1.88. The second-order valence-corrected chi connectivity index (χ2v) is 2.31. The normalized spacial score (nSPS) is 9.15. The second-order valence-electron chi connectivity index (χ2n) is 2.31. The van der Waals surface area contributed by atoms with Gasteiger partial charge in [-0.15, -0.1) is 6.42 Å². The van der Waals surface area contributed by atoms with E-state index in [1.54, 1.807) is 0 Å². The molecular formula is C8H7N3O2. The predicted molar refractivity (Wildman–Crippen MR) is 45.8 cm³/mol. The average molecular weight is 177 g/mol. The van der Waals surface area contributed by atoms with E-state index in [0.717, 1.165) is 6.20 Å². The Morgan fingerprint density at radius 2 is 2.46 bits per heavy atom. The van der Waals surface area contributed by atoms with Crippen LogP contribution in [0.25, 0.3) is 0 Å². The average Bonchev–Trinajstić information content (AvgIpc) is 2.08. The molecule has 0 radical (unpaired) electrons. The van der Waals surface area contributed by atoms with Gasteiger partial charge >= 0.3 is 0 Å². The molecular weight excluding hydrogens is 170 g/mol. The van der Waals surface area contributed by atoms with Crippen molar-refractivity contribution in [2.24, 2.45) is 5.73 Å². The van der Waals surface area contributed by atoms with Crippen LogP contribution in [0.5, 0.6) is 0 Å². The van der Waals surface area contributed by atoms with Crippen molar-refractivity contribution in [2.45, 2.75) is 6.54 Å². The fourth-order valence-corrected chi connectivity index (χ4v) is 0.793. The molecule has 66 valence electrons. The van der Waals surface area contributed by atoms with Crippen LogP contribution in [0.2, 0.25) is 0 Å².